The second kappa shape index (κ2) is 9.80. The normalized spacial score (nSPS) is 15.9. The van der Waals surface area contributed by atoms with E-state index in [1.807, 2.05) is 26.0 Å². The van der Waals surface area contributed by atoms with Gasteiger partial charge in [-0.2, -0.15) is 8.42 Å². The van der Waals surface area contributed by atoms with Crippen molar-refractivity contribution in [2.45, 2.75) is 52.1 Å². The molecule has 0 amide bonds. The van der Waals surface area contributed by atoms with Crippen molar-refractivity contribution in [3.63, 3.8) is 0 Å². The topological polar surface area (TPSA) is 104 Å². The first-order valence-electron chi connectivity index (χ1n) is 11.1. The van der Waals surface area contributed by atoms with Crippen molar-refractivity contribution < 1.29 is 32.5 Å². The Morgan fingerprint density at radius 1 is 1.26 bits per heavy atom. The molecule has 2 aliphatic rings. The van der Waals surface area contributed by atoms with Crippen LogP contribution >= 0.6 is 0 Å². The number of aliphatic carboxylic acids is 1. The van der Waals surface area contributed by atoms with Gasteiger partial charge in [-0.1, -0.05) is 23.8 Å². The van der Waals surface area contributed by atoms with Gasteiger partial charge in [0.15, 0.2) is 0 Å². The van der Waals surface area contributed by atoms with Gasteiger partial charge in [0.05, 0.1) is 11.6 Å². The van der Waals surface area contributed by atoms with E-state index in [2.05, 4.69) is 6.08 Å². The van der Waals surface area contributed by atoms with Gasteiger partial charge in [0.2, 0.25) is 0 Å². The maximum atomic E-state index is 13.5. The van der Waals surface area contributed by atoms with Crippen LogP contribution in [0.4, 0.5) is 0 Å². The number of aryl methyl sites for hydroxylation is 1. The smallest absolute Gasteiger partial charge is 0.304 e. The molecule has 1 aliphatic heterocycles. The van der Waals surface area contributed by atoms with Gasteiger partial charge in [0.25, 0.3) is 5.09 Å². The lowest BCUT2D eigenvalue weighted by Gasteiger charge is -2.19. The van der Waals surface area contributed by atoms with Crippen LogP contribution in [0.2, 0.25) is 0 Å². The van der Waals surface area contributed by atoms with E-state index >= 15 is 0 Å². The molecule has 1 aromatic heterocycles. The number of hydrogen-bond donors (Lipinski definition) is 1. The number of rotatable bonds is 9. The van der Waals surface area contributed by atoms with Gasteiger partial charge in [0, 0.05) is 24.4 Å². The molecule has 1 aromatic carbocycles. The highest BCUT2D eigenvalue weighted by Gasteiger charge is 2.29. The Morgan fingerprint density at radius 3 is 2.79 bits per heavy atom. The molecule has 34 heavy (non-hydrogen) atoms. The fraction of sp³-hybridized carbons (Fsp3) is 0.320. The molecule has 0 saturated carbocycles. The van der Waals surface area contributed by atoms with Crippen LogP contribution in [0, 0.1) is 0 Å². The van der Waals surface area contributed by atoms with Gasteiger partial charge < -0.3 is 19.3 Å². The Balaban J connectivity index is 1.67. The summed E-state index contributed by atoms with van der Waals surface area (Å²) in [7, 11) is -4.15. The molecule has 0 radical (unpaired) electrons. The molecule has 0 spiro atoms. The number of fused-ring (bicyclic) bond motifs is 1. The van der Waals surface area contributed by atoms with Crippen LogP contribution in [0.25, 0.3) is 10.9 Å². The fourth-order valence-corrected chi connectivity index (χ4v) is 5.15. The van der Waals surface area contributed by atoms with E-state index < -0.39 is 16.0 Å². The van der Waals surface area contributed by atoms with Gasteiger partial charge in [-0.3, -0.25) is 4.79 Å². The number of nitrogens with zero attached hydrogens (tertiary/aromatic N) is 1. The molecule has 180 valence electrons. The molecule has 0 fully saturated rings. The summed E-state index contributed by atoms with van der Waals surface area (Å²) in [6, 6.07) is 5.07. The van der Waals surface area contributed by atoms with Crippen LogP contribution in [0.15, 0.2) is 71.6 Å². The molecule has 1 N–H and O–H groups in total. The number of allylic oxidation sites excluding steroid dienone is 4. The number of carboxylic acids is 1. The molecule has 0 unspecified atom stereocenters. The average molecular weight is 486 g/mol. The fourth-order valence-electron chi connectivity index (χ4n) is 3.88. The minimum Gasteiger partial charge on any atom is -0.491 e. The molecule has 0 bridgehead atoms. The molecule has 0 saturated heterocycles. The van der Waals surface area contributed by atoms with E-state index in [9.17, 15) is 13.2 Å². The summed E-state index contributed by atoms with van der Waals surface area (Å²) in [5, 5.41) is 9.42. The Kier molecular flexibility index (Phi) is 6.83. The van der Waals surface area contributed by atoms with E-state index in [1.54, 1.807) is 18.2 Å². The molecule has 0 atom stereocenters. The number of carbonyl (C=O) groups is 1. The first-order chi connectivity index (χ1) is 16.2. The van der Waals surface area contributed by atoms with Crippen LogP contribution < -0.4 is 4.74 Å². The Morgan fingerprint density at radius 2 is 2.09 bits per heavy atom. The summed E-state index contributed by atoms with van der Waals surface area (Å²) < 4.78 is 45.0. The van der Waals surface area contributed by atoms with Gasteiger partial charge in [-0.25, -0.2) is 3.97 Å². The summed E-state index contributed by atoms with van der Waals surface area (Å²) in [6.07, 6.45) is 12.2. The van der Waals surface area contributed by atoms with Gasteiger partial charge >= 0.3 is 16.0 Å². The Hall–Kier alpha value is -3.46. The number of carboxylic acid groups (broad SMARTS) is 1. The molecule has 2 heterocycles. The van der Waals surface area contributed by atoms with E-state index in [4.69, 9.17) is 19.3 Å². The predicted molar refractivity (Wildman–Crippen MR) is 127 cm³/mol. The van der Waals surface area contributed by atoms with Crippen molar-refractivity contribution in [1.82, 2.24) is 3.97 Å². The predicted octanol–water partition coefficient (Wildman–Crippen LogP) is 4.98. The second-order valence-electron chi connectivity index (χ2n) is 8.42. The first-order valence-corrected chi connectivity index (χ1v) is 12.5. The van der Waals surface area contributed by atoms with Gasteiger partial charge in [-0.15, -0.1) is 0 Å². The second-order valence-corrected chi connectivity index (χ2v) is 10.2. The number of ether oxygens (including phenoxy) is 3. The standard InChI is InChI=1S/C25H27NO7S/c1-17(2)32-20-9-10-23-22(13-20)19(8-11-24(27)28)14-26(23)34(29,30)25-16-31-15-21(33-25)12-18-6-4-3-5-7-18/h3-4,6,9-10,13-17H,5,7-8,11-12H2,1-2H3,(H,27,28). The highest BCUT2D eigenvalue weighted by atomic mass is 32.2. The summed E-state index contributed by atoms with van der Waals surface area (Å²) in [6.45, 7) is 3.78. The van der Waals surface area contributed by atoms with E-state index in [-0.39, 0.29) is 24.0 Å². The zero-order valence-corrected chi connectivity index (χ0v) is 19.9. The third kappa shape index (κ3) is 5.20. The average Bonchev–Trinajstić information content (AvgIpc) is 3.17. The zero-order valence-electron chi connectivity index (χ0n) is 19.1. The third-order valence-corrected chi connectivity index (χ3v) is 6.92. The van der Waals surface area contributed by atoms with Crippen LogP contribution in [-0.4, -0.2) is 29.6 Å². The first kappa shape index (κ1) is 23.7. The maximum Gasteiger partial charge on any atom is 0.304 e. The van der Waals surface area contributed by atoms with Gasteiger partial charge in [0.1, 0.15) is 24.0 Å². The molecular formula is C25H27NO7S. The minimum atomic E-state index is -4.15. The zero-order chi connectivity index (χ0) is 24.3. The lowest BCUT2D eigenvalue weighted by Crippen LogP contribution is -2.18. The summed E-state index contributed by atoms with van der Waals surface area (Å²) in [5.41, 5.74) is 2.11. The van der Waals surface area contributed by atoms with Crippen LogP contribution in [-0.2, 0) is 30.7 Å². The highest BCUT2D eigenvalue weighted by Crippen LogP contribution is 2.33. The van der Waals surface area contributed by atoms with Crippen molar-refractivity contribution in [3.8, 4) is 5.75 Å². The monoisotopic (exact) mass is 485 g/mol. The SMILES string of the molecule is CC(C)Oc1ccc2c(c1)c(CCC(=O)O)cn2S(=O)(=O)C1=COC=C(CC2=CC=CCC2)O1. The van der Waals surface area contributed by atoms with Crippen LogP contribution in [0.5, 0.6) is 5.75 Å². The van der Waals surface area contributed by atoms with Crippen molar-refractivity contribution in [1.29, 1.82) is 0 Å². The molecule has 4 rings (SSSR count). The van der Waals surface area contributed by atoms with Crippen molar-refractivity contribution in [2.24, 2.45) is 0 Å². The number of hydrogen-bond acceptors (Lipinski definition) is 6. The maximum absolute atomic E-state index is 13.5. The summed E-state index contributed by atoms with van der Waals surface area (Å²) >= 11 is 0. The van der Waals surface area contributed by atoms with Crippen molar-refractivity contribution >= 4 is 26.9 Å². The molecule has 1 aliphatic carbocycles. The summed E-state index contributed by atoms with van der Waals surface area (Å²) in [4.78, 5) is 11.2. The Bertz CT molecular complexity index is 1330. The minimum absolute atomic E-state index is 0.0661. The van der Waals surface area contributed by atoms with Gasteiger partial charge in [-0.05, 0) is 56.9 Å². The van der Waals surface area contributed by atoms with E-state index in [0.717, 1.165) is 28.6 Å². The lowest BCUT2D eigenvalue weighted by molar-refractivity contribution is -0.136. The number of aromatic nitrogens is 1. The summed E-state index contributed by atoms with van der Waals surface area (Å²) in [5.74, 6) is 0.00947. The molecular weight excluding hydrogens is 458 g/mol. The third-order valence-electron chi connectivity index (χ3n) is 5.41. The van der Waals surface area contributed by atoms with Crippen LogP contribution in [0.3, 0.4) is 0 Å². The highest BCUT2D eigenvalue weighted by molar-refractivity contribution is 7.93. The molecule has 9 heteroatoms. The molecule has 2 aromatic rings. The van der Waals surface area contributed by atoms with E-state index in [1.165, 1.54) is 12.5 Å². The van der Waals surface area contributed by atoms with Crippen molar-refractivity contribution in [3.05, 3.63) is 77.1 Å². The molecule has 8 nitrogen and oxygen atoms in total. The quantitative estimate of drug-likeness (QED) is 0.534. The van der Waals surface area contributed by atoms with E-state index in [0.29, 0.717) is 34.4 Å². The lowest BCUT2D eigenvalue weighted by atomic mass is 10.0. The van der Waals surface area contributed by atoms with Crippen LogP contribution in [0.1, 0.15) is 45.1 Å². The number of benzene rings is 1. The Labute approximate surface area is 198 Å². The van der Waals surface area contributed by atoms with Crippen molar-refractivity contribution in [2.75, 3.05) is 0 Å². The largest absolute Gasteiger partial charge is 0.491 e.